The third-order valence-electron chi connectivity index (χ3n) is 3.71. The zero-order valence-electron chi connectivity index (χ0n) is 8.96. The number of carbonyl (C=O) groups is 1. The van der Waals surface area contributed by atoms with Crippen molar-refractivity contribution in [3.63, 3.8) is 0 Å². The van der Waals surface area contributed by atoms with Gasteiger partial charge in [-0.1, -0.05) is 19.3 Å². The fourth-order valence-electron chi connectivity index (χ4n) is 2.75. The lowest BCUT2D eigenvalue weighted by atomic mass is 9.84. The SMILES string of the molecule is CC(C1CCCCC1)N1CCNC1=O. The molecule has 1 atom stereocenters. The van der Waals surface area contributed by atoms with Crippen molar-refractivity contribution in [2.75, 3.05) is 13.1 Å². The summed E-state index contributed by atoms with van der Waals surface area (Å²) >= 11 is 0. The first kappa shape index (κ1) is 9.81. The van der Waals surface area contributed by atoms with E-state index in [1.807, 2.05) is 4.90 Å². The van der Waals surface area contributed by atoms with Gasteiger partial charge in [0, 0.05) is 19.1 Å². The Balaban J connectivity index is 1.92. The summed E-state index contributed by atoms with van der Waals surface area (Å²) in [6.07, 6.45) is 6.71. The predicted octanol–water partition coefficient (Wildman–Crippen LogP) is 1.98. The average Bonchev–Trinajstić information content (AvgIpc) is 2.65. The molecule has 0 spiro atoms. The highest BCUT2D eigenvalue weighted by molar-refractivity contribution is 5.76. The summed E-state index contributed by atoms with van der Waals surface area (Å²) in [4.78, 5) is 13.5. The maximum Gasteiger partial charge on any atom is 0.317 e. The average molecular weight is 196 g/mol. The van der Waals surface area contributed by atoms with E-state index in [2.05, 4.69) is 12.2 Å². The molecular weight excluding hydrogens is 176 g/mol. The Labute approximate surface area is 85.8 Å². The van der Waals surface area contributed by atoms with E-state index in [4.69, 9.17) is 0 Å². The number of amides is 2. The van der Waals surface area contributed by atoms with Gasteiger partial charge in [0.25, 0.3) is 0 Å². The third kappa shape index (κ3) is 1.86. The van der Waals surface area contributed by atoms with E-state index in [0.29, 0.717) is 6.04 Å². The minimum atomic E-state index is 0.142. The molecule has 0 aromatic rings. The lowest BCUT2D eigenvalue weighted by molar-refractivity contribution is 0.160. The number of carbonyl (C=O) groups excluding carboxylic acids is 1. The molecule has 2 amide bonds. The molecule has 1 aliphatic heterocycles. The summed E-state index contributed by atoms with van der Waals surface area (Å²) in [5, 5.41) is 2.88. The molecule has 1 unspecified atom stereocenters. The van der Waals surface area contributed by atoms with Crippen LogP contribution in [0.15, 0.2) is 0 Å². The number of nitrogens with one attached hydrogen (secondary N) is 1. The molecule has 2 fully saturated rings. The molecule has 0 bridgehead atoms. The van der Waals surface area contributed by atoms with Gasteiger partial charge in [0.15, 0.2) is 0 Å². The molecule has 1 heterocycles. The molecule has 3 nitrogen and oxygen atoms in total. The van der Waals surface area contributed by atoms with Gasteiger partial charge in [-0.3, -0.25) is 0 Å². The van der Waals surface area contributed by atoms with Gasteiger partial charge in [0.2, 0.25) is 0 Å². The topological polar surface area (TPSA) is 32.3 Å². The Morgan fingerprint density at radius 1 is 1.36 bits per heavy atom. The summed E-state index contributed by atoms with van der Waals surface area (Å²) < 4.78 is 0. The maximum absolute atomic E-state index is 11.5. The number of nitrogens with zero attached hydrogens (tertiary/aromatic N) is 1. The van der Waals surface area contributed by atoms with Crippen LogP contribution < -0.4 is 5.32 Å². The summed E-state index contributed by atoms with van der Waals surface area (Å²) in [5.74, 6) is 0.743. The molecule has 1 N–H and O–H groups in total. The van der Waals surface area contributed by atoms with Gasteiger partial charge < -0.3 is 10.2 Å². The molecule has 2 aliphatic rings. The number of hydrogen-bond acceptors (Lipinski definition) is 1. The van der Waals surface area contributed by atoms with E-state index >= 15 is 0 Å². The van der Waals surface area contributed by atoms with E-state index in [1.165, 1.54) is 32.1 Å². The van der Waals surface area contributed by atoms with Gasteiger partial charge in [-0.2, -0.15) is 0 Å². The first-order chi connectivity index (χ1) is 6.79. The second-order valence-electron chi connectivity index (χ2n) is 4.56. The largest absolute Gasteiger partial charge is 0.336 e. The van der Waals surface area contributed by atoms with Crippen LogP contribution in [0.2, 0.25) is 0 Å². The molecule has 14 heavy (non-hydrogen) atoms. The Morgan fingerprint density at radius 2 is 2.07 bits per heavy atom. The molecule has 0 aromatic heterocycles. The van der Waals surface area contributed by atoms with Crippen LogP contribution in [-0.4, -0.2) is 30.1 Å². The molecule has 1 aliphatic carbocycles. The van der Waals surface area contributed by atoms with E-state index in [1.54, 1.807) is 0 Å². The second-order valence-corrected chi connectivity index (χ2v) is 4.56. The van der Waals surface area contributed by atoms with Gasteiger partial charge in [0.05, 0.1) is 0 Å². The van der Waals surface area contributed by atoms with Gasteiger partial charge >= 0.3 is 6.03 Å². The molecule has 1 saturated heterocycles. The summed E-state index contributed by atoms with van der Waals surface area (Å²) in [5.41, 5.74) is 0. The summed E-state index contributed by atoms with van der Waals surface area (Å²) in [6, 6.07) is 0.584. The lowest BCUT2D eigenvalue weighted by Gasteiger charge is -2.33. The molecule has 80 valence electrons. The Hall–Kier alpha value is -0.730. The van der Waals surface area contributed by atoms with E-state index in [9.17, 15) is 4.79 Å². The van der Waals surface area contributed by atoms with Gasteiger partial charge in [0.1, 0.15) is 0 Å². The zero-order valence-corrected chi connectivity index (χ0v) is 8.96. The minimum absolute atomic E-state index is 0.142. The zero-order chi connectivity index (χ0) is 9.97. The highest BCUT2D eigenvalue weighted by atomic mass is 16.2. The van der Waals surface area contributed by atoms with E-state index in [-0.39, 0.29) is 6.03 Å². The normalized spacial score (nSPS) is 26.4. The van der Waals surface area contributed by atoms with Crippen molar-refractivity contribution in [1.29, 1.82) is 0 Å². The Kier molecular flexibility index (Phi) is 2.94. The predicted molar refractivity (Wildman–Crippen MR) is 56.1 cm³/mol. The van der Waals surface area contributed by atoms with Crippen molar-refractivity contribution in [2.24, 2.45) is 5.92 Å². The van der Waals surface area contributed by atoms with Gasteiger partial charge in [-0.15, -0.1) is 0 Å². The lowest BCUT2D eigenvalue weighted by Crippen LogP contribution is -2.41. The van der Waals surface area contributed by atoms with Gasteiger partial charge in [-0.05, 0) is 25.7 Å². The van der Waals surface area contributed by atoms with Crippen LogP contribution in [0.5, 0.6) is 0 Å². The fraction of sp³-hybridized carbons (Fsp3) is 0.909. The van der Waals surface area contributed by atoms with Crippen LogP contribution in [0, 0.1) is 5.92 Å². The van der Waals surface area contributed by atoms with E-state index < -0.39 is 0 Å². The van der Waals surface area contributed by atoms with Gasteiger partial charge in [-0.25, -0.2) is 4.79 Å². The molecule has 2 rings (SSSR count). The minimum Gasteiger partial charge on any atom is -0.336 e. The molecule has 0 radical (unpaired) electrons. The van der Waals surface area contributed by atoms with Crippen LogP contribution in [0.25, 0.3) is 0 Å². The molecular formula is C11H20N2O. The summed E-state index contributed by atoms with van der Waals surface area (Å²) in [7, 11) is 0. The monoisotopic (exact) mass is 196 g/mol. The highest BCUT2D eigenvalue weighted by Crippen LogP contribution is 2.29. The first-order valence-electron chi connectivity index (χ1n) is 5.83. The van der Waals surface area contributed by atoms with Crippen LogP contribution in [0.3, 0.4) is 0 Å². The molecule has 3 heteroatoms. The number of urea groups is 1. The summed E-state index contributed by atoms with van der Waals surface area (Å²) in [6.45, 7) is 3.94. The van der Waals surface area contributed by atoms with Crippen molar-refractivity contribution < 1.29 is 4.79 Å². The second kappa shape index (κ2) is 4.20. The Morgan fingerprint density at radius 3 is 2.64 bits per heavy atom. The highest BCUT2D eigenvalue weighted by Gasteiger charge is 2.30. The standard InChI is InChI=1S/C11H20N2O/c1-9(10-5-3-2-4-6-10)13-8-7-12-11(13)14/h9-10H,2-8H2,1H3,(H,12,14). The third-order valence-corrected chi connectivity index (χ3v) is 3.71. The van der Waals surface area contributed by atoms with Crippen LogP contribution >= 0.6 is 0 Å². The van der Waals surface area contributed by atoms with Crippen molar-refractivity contribution in [1.82, 2.24) is 10.2 Å². The Bertz CT molecular complexity index is 211. The van der Waals surface area contributed by atoms with Crippen LogP contribution in [-0.2, 0) is 0 Å². The van der Waals surface area contributed by atoms with Crippen LogP contribution in [0.4, 0.5) is 4.79 Å². The quantitative estimate of drug-likeness (QED) is 0.719. The van der Waals surface area contributed by atoms with Crippen molar-refractivity contribution in [3.8, 4) is 0 Å². The van der Waals surface area contributed by atoms with Crippen LogP contribution in [0.1, 0.15) is 39.0 Å². The van der Waals surface area contributed by atoms with E-state index in [0.717, 1.165) is 19.0 Å². The molecule has 1 saturated carbocycles. The first-order valence-corrected chi connectivity index (χ1v) is 5.83. The fourth-order valence-corrected chi connectivity index (χ4v) is 2.75. The number of hydrogen-bond donors (Lipinski definition) is 1. The molecule has 0 aromatic carbocycles. The number of rotatable bonds is 2. The van der Waals surface area contributed by atoms with Crippen molar-refractivity contribution in [3.05, 3.63) is 0 Å². The maximum atomic E-state index is 11.5. The smallest absolute Gasteiger partial charge is 0.317 e. The van der Waals surface area contributed by atoms with Crippen molar-refractivity contribution >= 4 is 6.03 Å². The van der Waals surface area contributed by atoms with Crippen molar-refractivity contribution in [2.45, 2.75) is 45.1 Å².